The fourth-order valence-electron chi connectivity index (χ4n) is 2.35. The number of carbonyl (C=O) groups is 1. The van der Waals surface area contributed by atoms with Crippen LogP contribution in [0.2, 0.25) is 10.0 Å². The predicted molar refractivity (Wildman–Crippen MR) is 111 cm³/mol. The van der Waals surface area contributed by atoms with Crippen LogP contribution in [0.25, 0.3) is 0 Å². The first kappa shape index (κ1) is 22.2. The minimum atomic E-state index is -3.85. The molecular weight excluding hydrogens is 427 g/mol. The van der Waals surface area contributed by atoms with Gasteiger partial charge in [-0.2, -0.15) is 0 Å². The van der Waals surface area contributed by atoms with Gasteiger partial charge in [0.2, 0.25) is 10.0 Å². The lowest BCUT2D eigenvalue weighted by Gasteiger charge is -2.16. The van der Waals surface area contributed by atoms with Crippen molar-refractivity contribution in [3.8, 4) is 0 Å². The largest absolute Gasteiger partial charge is 0.349 e. The first-order chi connectivity index (χ1) is 12.6. The summed E-state index contributed by atoms with van der Waals surface area (Å²) < 4.78 is 27.5. The third kappa shape index (κ3) is 6.19. The third-order valence-corrected chi connectivity index (χ3v) is 6.80. The number of benzene rings is 1. The van der Waals surface area contributed by atoms with Crippen LogP contribution in [0.5, 0.6) is 0 Å². The van der Waals surface area contributed by atoms with Gasteiger partial charge in [0.1, 0.15) is 4.90 Å². The Morgan fingerprint density at radius 2 is 1.89 bits per heavy atom. The smallest absolute Gasteiger partial charge is 0.253 e. The number of amides is 1. The first-order valence-corrected chi connectivity index (χ1v) is 11.5. The Morgan fingerprint density at radius 1 is 1.19 bits per heavy atom. The predicted octanol–water partition coefficient (Wildman–Crippen LogP) is 4.35. The molecule has 0 aliphatic heterocycles. The van der Waals surface area contributed by atoms with Crippen molar-refractivity contribution >= 4 is 50.5 Å². The number of nitrogens with one attached hydrogen (secondary N) is 2. The van der Waals surface area contributed by atoms with E-state index in [1.807, 2.05) is 38.3 Å². The molecule has 5 nitrogen and oxygen atoms in total. The average Bonchev–Trinajstić information content (AvgIpc) is 3.05. The number of halogens is 2. The van der Waals surface area contributed by atoms with Crippen molar-refractivity contribution in [3.05, 3.63) is 50.1 Å². The standard InChI is InChI=1S/C18H22Cl2N2O3S2/c1-11(2)10-21-27(24,25)17-8-14(15(19)9-16(17)20)18(23)22-12(3)7-13-5-4-6-26-13/h4-6,8-9,11-12,21H,7,10H2,1-3H3,(H,22,23). The summed E-state index contributed by atoms with van der Waals surface area (Å²) in [6.45, 7) is 5.92. The maximum Gasteiger partial charge on any atom is 0.253 e. The number of thiophene rings is 1. The zero-order chi connectivity index (χ0) is 20.2. The first-order valence-electron chi connectivity index (χ1n) is 8.42. The Bertz CT molecular complexity index is 898. The summed E-state index contributed by atoms with van der Waals surface area (Å²) in [5, 5.41) is 4.89. The van der Waals surface area contributed by atoms with Crippen molar-refractivity contribution < 1.29 is 13.2 Å². The van der Waals surface area contributed by atoms with Crippen LogP contribution in [0.1, 0.15) is 36.0 Å². The van der Waals surface area contributed by atoms with E-state index in [1.165, 1.54) is 12.1 Å². The molecule has 2 aromatic rings. The second-order valence-corrected chi connectivity index (χ2v) is 10.2. The van der Waals surface area contributed by atoms with E-state index in [4.69, 9.17) is 23.2 Å². The lowest BCUT2D eigenvalue weighted by atomic mass is 10.1. The Labute approximate surface area is 174 Å². The molecule has 0 spiro atoms. The highest BCUT2D eigenvalue weighted by atomic mass is 35.5. The Morgan fingerprint density at radius 3 is 2.48 bits per heavy atom. The van der Waals surface area contributed by atoms with E-state index < -0.39 is 15.9 Å². The normalized spacial score (nSPS) is 13.0. The summed E-state index contributed by atoms with van der Waals surface area (Å²) in [6, 6.07) is 6.31. The van der Waals surface area contributed by atoms with Crippen LogP contribution in [0.15, 0.2) is 34.5 Å². The van der Waals surface area contributed by atoms with E-state index in [2.05, 4.69) is 10.0 Å². The molecular formula is C18H22Cl2N2O3S2. The van der Waals surface area contributed by atoms with E-state index >= 15 is 0 Å². The highest BCUT2D eigenvalue weighted by Crippen LogP contribution is 2.29. The zero-order valence-electron chi connectivity index (χ0n) is 15.3. The van der Waals surface area contributed by atoms with Crippen molar-refractivity contribution in [2.45, 2.75) is 38.1 Å². The zero-order valence-corrected chi connectivity index (χ0v) is 18.4. The van der Waals surface area contributed by atoms with E-state index in [0.717, 1.165) is 4.88 Å². The third-order valence-electron chi connectivity index (χ3n) is 3.70. The van der Waals surface area contributed by atoms with Crippen molar-refractivity contribution in [3.63, 3.8) is 0 Å². The Hall–Kier alpha value is -1.12. The van der Waals surface area contributed by atoms with E-state index in [0.29, 0.717) is 6.42 Å². The maximum atomic E-state index is 12.6. The molecule has 148 valence electrons. The number of hydrogen-bond donors (Lipinski definition) is 2. The second-order valence-electron chi connectivity index (χ2n) is 6.67. The topological polar surface area (TPSA) is 75.3 Å². The molecule has 0 saturated carbocycles. The second kappa shape index (κ2) is 9.39. The van der Waals surface area contributed by atoms with Crippen molar-refractivity contribution in [1.82, 2.24) is 10.0 Å². The quantitative estimate of drug-likeness (QED) is 0.629. The summed E-state index contributed by atoms with van der Waals surface area (Å²) in [7, 11) is -3.85. The summed E-state index contributed by atoms with van der Waals surface area (Å²) in [5.74, 6) is -0.312. The van der Waals surface area contributed by atoms with Crippen LogP contribution in [-0.2, 0) is 16.4 Å². The Kier molecular flexibility index (Phi) is 7.71. The van der Waals surface area contributed by atoms with Crippen LogP contribution >= 0.6 is 34.5 Å². The fourth-order valence-corrected chi connectivity index (χ4v) is 5.25. The van der Waals surface area contributed by atoms with Gasteiger partial charge in [0.25, 0.3) is 5.91 Å². The SMILES string of the molecule is CC(C)CNS(=O)(=O)c1cc(C(=O)NC(C)Cc2cccs2)c(Cl)cc1Cl. The molecule has 9 heteroatoms. The number of sulfonamides is 1. The van der Waals surface area contributed by atoms with Crippen LogP contribution in [0.3, 0.4) is 0 Å². The number of hydrogen-bond acceptors (Lipinski definition) is 4. The molecule has 0 saturated heterocycles. The molecule has 1 unspecified atom stereocenters. The maximum absolute atomic E-state index is 12.6. The molecule has 1 aromatic heterocycles. The molecule has 2 N–H and O–H groups in total. The van der Waals surface area contributed by atoms with Gasteiger partial charge in [0.15, 0.2) is 0 Å². The van der Waals surface area contributed by atoms with Crippen molar-refractivity contribution in [1.29, 1.82) is 0 Å². The molecule has 0 radical (unpaired) electrons. The molecule has 1 amide bonds. The lowest BCUT2D eigenvalue weighted by Crippen LogP contribution is -2.34. The van der Waals surface area contributed by atoms with Gasteiger partial charge in [-0.15, -0.1) is 11.3 Å². The van der Waals surface area contributed by atoms with E-state index in [-0.39, 0.29) is 39.0 Å². The summed E-state index contributed by atoms with van der Waals surface area (Å²) in [4.78, 5) is 13.6. The van der Waals surface area contributed by atoms with Crippen molar-refractivity contribution in [2.24, 2.45) is 5.92 Å². The molecule has 0 bridgehead atoms. The van der Waals surface area contributed by atoms with Gasteiger partial charge in [0.05, 0.1) is 15.6 Å². The Balaban J connectivity index is 2.22. The van der Waals surface area contributed by atoms with Gasteiger partial charge in [-0.3, -0.25) is 4.79 Å². The van der Waals surface area contributed by atoms with Gasteiger partial charge >= 0.3 is 0 Å². The molecule has 1 heterocycles. The van der Waals surface area contributed by atoms with Crippen LogP contribution in [0.4, 0.5) is 0 Å². The van der Waals surface area contributed by atoms with Crippen LogP contribution in [0, 0.1) is 5.92 Å². The number of carbonyl (C=O) groups excluding carboxylic acids is 1. The lowest BCUT2D eigenvalue weighted by molar-refractivity contribution is 0.0940. The molecule has 1 atom stereocenters. The van der Waals surface area contributed by atoms with Gasteiger partial charge < -0.3 is 5.32 Å². The molecule has 0 aliphatic carbocycles. The molecule has 27 heavy (non-hydrogen) atoms. The average molecular weight is 449 g/mol. The van der Waals surface area contributed by atoms with Gasteiger partial charge in [-0.1, -0.05) is 43.1 Å². The van der Waals surface area contributed by atoms with Gasteiger partial charge in [-0.05, 0) is 36.4 Å². The summed E-state index contributed by atoms with van der Waals surface area (Å²) >= 11 is 13.8. The van der Waals surface area contributed by atoms with E-state index in [9.17, 15) is 13.2 Å². The minimum Gasteiger partial charge on any atom is -0.349 e. The van der Waals surface area contributed by atoms with Crippen molar-refractivity contribution in [2.75, 3.05) is 6.54 Å². The highest BCUT2D eigenvalue weighted by Gasteiger charge is 2.23. The monoisotopic (exact) mass is 448 g/mol. The fraction of sp³-hybridized carbons (Fsp3) is 0.389. The van der Waals surface area contributed by atoms with Gasteiger partial charge in [0, 0.05) is 23.9 Å². The minimum absolute atomic E-state index is 0.0283. The number of rotatable bonds is 8. The van der Waals surface area contributed by atoms with Crippen LogP contribution < -0.4 is 10.0 Å². The summed E-state index contributed by atoms with van der Waals surface area (Å²) in [6.07, 6.45) is 0.676. The molecule has 0 fully saturated rings. The molecule has 0 aliphatic rings. The molecule has 2 rings (SSSR count). The highest BCUT2D eigenvalue weighted by molar-refractivity contribution is 7.89. The molecule has 1 aromatic carbocycles. The van der Waals surface area contributed by atoms with Gasteiger partial charge in [-0.25, -0.2) is 13.1 Å². The summed E-state index contributed by atoms with van der Waals surface area (Å²) in [5.41, 5.74) is 0.0732. The van der Waals surface area contributed by atoms with Crippen LogP contribution in [-0.4, -0.2) is 26.9 Å². The van der Waals surface area contributed by atoms with E-state index in [1.54, 1.807) is 11.3 Å².